The normalized spacial score (nSPS) is 10.9. The zero-order valence-electron chi connectivity index (χ0n) is 13.1. The van der Waals surface area contributed by atoms with Crippen LogP contribution in [0.3, 0.4) is 0 Å². The van der Waals surface area contributed by atoms with Gasteiger partial charge in [0.1, 0.15) is 0 Å². The standard InChI is InChI=1S/C18H16N4O2/c1-13-16(12-19-20-17(23)14-8-4-2-5-9-14)18(24)22(21-13)15-10-6-3-7-11-15/h2-12,21H,1H3,(H,20,23)/b19-12+. The van der Waals surface area contributed by atoms with Gasteiger partial charge in [-0.15, -0.1) is 0 Å². The van der Waals surface area contributed by atoms with Gasteiger partial charge >= 0.3 is 0 Å². The third-order valence-electron chi connectivity index (χ3n) is 3.53. The molecular weight excluding hydrogens is 304 g/mol. The van der Waals surface area contributed by atoms with Crippen molar-refractivity contribution in [3.63, 3.8) is 0 Å². The average Bonchev–Trinajstić information content (AvgIpc) is 2.91. The summed E-state index contributed by atoms with van der Waals surface area (Å²) in [7, 11) is 0. The van der Waals surface area contributed by atoms with Crippen LogP contribution in [0, 0.1) is 6.92 Å². The number of hydrazone groups is 1. The number of aryl methyl sites for hydroxylation is 1. The Labute approximate surface area is 138 Å². The van der Waals surface area contributed by atoms with E-state index in [1.165, 1.54) is 10.9 Å². The van der Waals surface area contributed by atoms with Gasteiger partial charge in [-0.3, -0.25) is 14.7 Å². The highest BCUT2D eigenvalue weighted by Gasteiger charge is 2.10. The number of nitrogens with one attached hydrogen (secondary N) is 2. The number of aromatic nitrogens is 2. The minimum Gasteiger partial charge on any atom is -0.295 e. The molecule has 1 aromatic heterocycles. The van der Waals surface area contributed by atoms with Crippen LogP contribution in [0.4, 0.5) is 0 Å². The van der Waals surface area contributed by atoms with Crippen molar-refractivity contribution in [3.8, 4) is 5.69 Å². The SMILES string of the molecule is Cc1[nH]n(-c2ccccc2)c(=O)c1/C=N/NC(=O)c1ccccc1. The maximum absolute atomic E-state index is 12.5. The number of nitrogens with zero attached hydrogens (tertiary/aromatic N) is 2. The first kappa shape index (κ1) is 15.5. The van der Waals surface area contributed by atoms with E-state index in [4.69, 9.17) is 0 Å². The van der Waals surface area contributed by atoms with E-state index < -0.39 is 0 Å². The number of hydrogen-bond donors (Lipinski definition) is 2. The number of amides is 1. The Morgan fingerprint density at radius 3 is 2.38 bits per heavy atom. The molecule has 1 amide bonds. The Kier molecular flexibility index (Phi) is 4.38. The number of H-pyrrole nitrogens is 1. The lowest BCUT2D eigenvalue weighted by molar-refractivity contribution is 0.0955. The fraction of sp³-hybridized carbons (Fsp3) is 0.0556. The van der Waals surface area contributed by atoms with Crippen LogP contribution in [0.5, 0.6) is 0 Å². The van der Waals surface area contributed by atoms with Gasteiger partial charge in [-0.2, -0.15) is 5.10 Å². The van der Waals surface area contributed by atoms with Crippen LogP contribution in [0.2, 0.25) is 0 Å². The first-order valence-electron chi connectivity index (χ1n) is 7.42. The van der Waals surface area contributed by atoms with Crippen molar-refractivity contribution in [2.45, 2.75) is 6.92 Å². The van der Waals surface area contributed by atoms with E-state index in [-0.39, 0.29) is 11.5 Å². The van der Waals surface area contributed by atoms with Gasteiger partial charge in [-0.05, 0) is 31.2 Å². The Hall–Kier alpha value is -3.41. The average molecular weight is 320 g/mol. The van der Waals surface area contributed by atoms with E-state index in [1.54, 1.807) is 31.2 Å². The van der Waals surface area contributed by atoms with Gasteiger partial charge in [0.25, 0.3) is 11.5 Å². The molecule has 0 spiro atoms. The highest BCUT2D eigenvalue weighted by Crippen LogP contribution is 2.05. The summed E-state index contributed by atoms with van der Waals surface area (Å²) in [6.45, 7) is 1.78. The molecule has 3 rings (SSSR count). The van der Waals surface area contributed by atoms with Crippen molar-refractivity contribution in [1.82, 2.24) is 15.2 Å². The van der Waals surface area contributed by atoms with E-state index >= 15 is 0 Å². The van der Waals surface area contributed by atoms with Crippen molar-refractivity contribution < 1.29 is 4.79 Å². The maximum Gasteiger partial charge on any atom is 0.280 e. The van der Waals surface area contributed by atoms with E-state index in [2.05, 4.69) is 15.6 Å². The van der Waals surface area contributed by atoms with Crippen LogP contribution in [0.1, 0.15) is 21.6 Å². The summed E-state index contributed by atoms with van der Waals surface area (Å²) in [5.74, 6) is -0.330. The van der Waals surface area contributed by atoms with E-state index in [9.17, 15) is 9.59 Å². The largest absolute Gasteiger partial charge is 0.295 e. The maximum atomic E-state index is 12.5. The molecule has 24 heavy (non-hydrogen) atoms. The molecule has 0 aliphatic rings. The van der Waals surface area contributed by atoms with Gasteiger partial charge in [0.2, 0.25) is 0 Å². The van der Waals surface area contributed by atoms with Gasteiger partial charge < -0.3 is 0 Å². The predicted octanol–water partition coefficient (Wildman–Crippen LogP) is 2.24. The van der Waals surface area contributed by atoms with Crippen LogP contribution >= 0.6 is 0 Å². The number of aromatic amines is 1. The quantitative estimate of drug-likeness (QED) is 0.571. The molecule has 120 valence electrons. The molecule has 0 saturated carbocycles. The lowest BCUT2D eigenvalue weighted by Gasteiger charge is -1.99. The van der Waals surface area contributed by atoms with Gasteiger partial charge in [0.15, 0.2) is 0 Å². The summed E-state index contributed by atoms with van der Waals surface area (Å²) < 4.78 is 1.44. The van der Waals surface area contributed by atoms with Crippen LogP contribution < -0.4 is 11.0 Å². The van der Waals surface area contributed by atoms with Gasteiger partial charge in [0, 0.05) is 11.3 Å². The smallest absolute Gasteiger partial charge is 0.280 e. The third-order valence-corrected chi connectivity index (χ3v) is 3.53. The number of para-hydroxylation sites is 1. The highest BCUT2D eigenvalue weighted by atomic mass is 16.2. The fourth-order valence-corrected chi connectivity index (χ4v) is 2.28. The first-order valence-corrected chi connectivity index (χ1v) is 7.42. The Morgan fingerprint density at radius 1 is 1.08 bits per heavy atom. The Bertz CT molecular complexity index is 925. The second kappa shape index (κ2) is 6.78. The minimum absolute atomic E-state index is 0.226. The van der Waals surface area contributed by atoms with Crippen molar-refractivity contribution in [2.75, 3.05) is 0 Å². The molecule has 0 aliphatic carbocycles. The molecule has 0 unspecified atom stereocenters. The minimum atomic E-state index is -0.330. The molecule has 2 N–H and O–H groups in total. The van der Waals surface area contributed by atoms with Gasteiger partial charge in [-0.25, -0.2) is 10.1 Å². The molecule has 0 fully saturated rings. The number of carbonyl (C=O) groups is 1. The molecule has 6 heteroatoms. The highest BCUT2D eigenvalue weighted by molar-refractivity contribution is 5.94. The topological polar surface area (TPSA) is 79.2 Å². The zero-order valence-corrected chi connectivity index (χ0v) is 13.1. The molecule has 6 nitrogen and oxygen atoms in total. The van der Waals surface area contributed by atoms with E-state index in [0.29, 0.717) is 16.8 Å². The number of carbonyl (C=O) groups excluding carboxylic acids is 1. The van der Waals surface area contributed by atoms with Gasteiger partial charge in [-0.1, -0.05) is 36.4 Å². The summed E-state index contributed by atoms with van der Waals surface area (Å²) in [6.07, 6.45) is 1.36. The third kappa shape index (κ3) is 3.17. The summed E-state index contributed by atoms with van der Waals surface area (Å²) in [6, 6.07) is 18.0. The van der Waals surface area contributed by atoms with Crippen LogP contribution in [0.25, 0.3) is 5.69 Å². The lowest BCUT2D eigenvalue weighted by atomic mass is 10.2. The van der Waals surface area contributed by atoms with Crippen LogP contribution in [0.15, 0.2) is 70.6 Å². The molecule has 0 aliphatic heterocycles. The summed E-state index contributed by atoms with van der Waals surface area (Å²) >= 11 is 0. The molecule has 0 saturated heterocycles. The van der Waals surface area contributed by atoms with Gasteiger partial charge in [0.05, 0.1) is 17.5 Å². The van der Waals surface area contributed by atoms with Crippen LogP contribution in [-0.2, 0) is 0 Å². The summed E-state index contributed by atoms with van der Waals surface area (Å²) in [5.41, 5.74) is 4.49. The second-order valence-corrected chi connectivity index (χ2v) is 5.19. The molecule has 0 radical (unpaired) electrons. The van der Waals surface area contributed by atoms with Crippen molar-refractivity contribution in [3.05, 3.63) is 87.8 Å². The van der Waals surface area contributed by atoms with Crippen LogP contribution in [-0.4, -0.2) is 21.9 Å². The Balaban J connectivity index is 1.80. The zero-order chi connectivity index (χ0) is 16.9. The lowest BCUT2D eigenvalue weighted by Crippen LogP contribution is -2.20. The number of hydrogen-bond acceptors (Lipinski definition) is 3. The fourth-order valence-electron chi connectivity index (χ4n) is 2.28. The molecule has 0 atom stereocenters. The summed E-state index contributed by atoms with van der Waals surface area (Å²) in [4.78, 5) is 24.4. The number of benzene rings is 2. The predicted molar refractivity (Wildman–Crippen MR) is 92.6 cm³/mol. The number of rotatable bonds is 4. The molecular formula is C18H16N4O2. The first-order chi connectivity index (χ1) is 11.7. The molecule has 2 aromatic carbocycles. The molecule has 0 bridgehead atoms. The second-order valence-electron chi connectivity index (χ2n) is 5.19. The molecule has 1 heterocycles. The summed E-state index contributed by atoms with van der Waals surface area (Å²) in [5, 5.41) is 6.89. The van der Waals surface area contributed by atoms with E-state index in [0.717, 1.165) is 5.69 Å². The monoisotopic (exact) mass is 320 g/mol. The van der Waals surface area contributed by atoms with Crippen molar-refractivity contribution >= 4 is 12.1 Å². The Morgan fingerprint density at radius 2 is 1.71 bits per heavy atom. The van der Waals surface area contributed by atoms with Crippen molar-refractivity contribution in [2.24, 2.45) is 5.10 Å². The molecule has 3 aromatic rings. The van der Waals surface area contributed by atoms with Crippen molar-refractivity contribution in [1.29, 1.82) is 0 Å². The van der Waals surface area contributed by atoms with E-state index in [1.807, 2.05) is 36.4 Å².